The van der Waals surface area contributed by atoms with E-state index in [1.165, 1.54) is 19.1 Å². The molecule has 0 unspecified atom stereocenters. The van der Waals surface area contributed by atoms with Crippen LogP contribution in [0.15, 0.2) is 24.3 Å². The van der Waals surface area contributed by atoms with Crippen molar-refractivity contribution in [3.05, 3.63) is 58.2 Å². The number of ketones is 1. The summed E-state index contributed by atoms with van der Waals surface area (Å²) < 4.78 is 13.2. The van der Waals surface area contributed by atoms with Crippen LogP contribution < -0.4 is 0 Å². The second-order valence-corrected chi connectivity index (χ2v) is 6.74. The lowest BCUT2D eigenvalue weighted by atomic mass is 10.1. The quantitative estimate of drug-likeness (QED) is 0.544. The second kappa shape index (κ2) is 8.79. The molecule has 0 saturated carbocycles. The Morgan fingerprint density at radius 1 is 1.12 bits per heavy atom. The van der Waals surface area contributed by atoms with E-state index < -0.39 is 0 Å². The number of nitrogens with one attached hydrogen (secondary N) is 1. The first-order valence-electron chi connectivity index (χ1n) is 9.09. The van der Waals surface area contributed by atoms with Gasteiger partial charge in [-0.25, -0.2) is 4.39 Å². The van der Waals surface area contributed by atoms with Gasteiger partial charge in [-0.15, -0.1) is 0 Å². The molecule has 0 atom stereocenters. The SMILES string of the molecule is CCCCCN(Cc1ccc(F)cc1)C(=O)c1[nH]c(C)c(C(C)=O)c1C. The van der Waals surface area contributed by atoms with Crippen LogP contribution in [0.25, 0.3) is 0 Å². The van der Waals surface area contributed by atoms with Crippen molar-refractivity contribution in [2.75, 3.05) is 6.54 Å². The molecule has 0 saturated heterocycles. The summed E-state index contributed by atoms with van der Waals surface area (Å²) in [7, 11) is 0. The van der Waals surface area contributed by atoms with Gasteiger partial charge < -0.3 is 9.88 Å². The Morgan fingerprint density at radius 3 is 2.31 bits per heavy atom. The number of carbonyl (C=O) groups excluding carboxylic acids is 2. The van der Waals surface area contributed by atoms with E-state index in [0.29, 0.717) is 35.6 Å². The molecule has 26 heavy (non-hydrogen) atoms. The van der Waals surface area contributed by atoms with Crippen LogP contribution in [0.3, 0.4) is 0 Å². The maximum atomic E-state index is 13.2. The monoisotopic (exact) mass is 358 g/mol. The Morgan fingerprint density at radius 2 is 1.77 bits per heavy atom. The highest BCUT2D eigenvalue weighted by atomic mass is 19.1. The molecule has 140 valence electrons. The number of halogens is 1. The number of unbranched alkanes of at least 4 members (excludes halogenated alkanes) is 2. The van der Waals surface area contributed by atoms with Crippen LogP contribution in [0.1, 0.15) is 70.8 Å². The van der Waals surface area contributed by atoms with Crippen LogP contribution in [-0.4, -0.2) is 28.1 Å². The molecular weight excluding hydrogens is 331 g/mol. The van der Waals surface area contributed by atoms with E-state index in [0.717, 1.165) is 24.8 Å². The van der Waals surface area contributed by atoms with Crippen LogP contribution in [0, 0.1) is 19.7 Å². The predicted molar refractivity (Wildman–Crippen MR) is 101 cm³/mol. The molecule has 1 amide bonds. The number of nitrogens with zero attached hydrogens (tertiary/aromatic N) is 1. The zero-order valence-corrected chi connectivity index (χ0v) is 16.0. The van der Waals surface area contributed by atoms with Gasteiger partial charge in [-0.2, -0.15) is 0 Å². The molecule has 0 spiro atoms. The molecule has 2 aromatic rings. The molecule has 0 radical (unpaired) electrons. The molecule has 5 heteroatoms. The van der Waals surface area contributed by atoms with Gasteiger partial charge >= 0.3 is 0 Å². The molecule has 0 aliphatic heterocycles. The average molecular weight is 358 g/mol. The number of aromatic amines is 1. The van der Waals surface area contributed by atoms with Gasteiger partial charge in [0, 0.05) is 24.3 Å². The van der Waals surface area contributed by atoms with Crippen molar-refractivity contribution in [2.24, 2.45) is 0 Å². The summed E-state index contributed by atoms with van der Waals surface area (Å²) >= 11 is 0. The lowest BCUT2D eigenvalue weighted by Gasteiger charge is -2.23. The maximum absolute atomic E-state index is 13.2. The van der Waals surface area contributed by atoms with E-state index in [-0.39, 0.29) is 17.5 Å². The topological polar surface area (TPSA) is 53.2 Å². The number of amides is 1. The van der Waals surface area contributed by atoms with E-state index in [1.54, 1.807) is 24.0 Å². The summed E-state index contributed by atoms with van der Waals surface area (Å²) in [5.41, 5.74) is 3.34. The first-order valence-corrected chi connectivity index (χ1v) is 9.09. The molecule has 1 aromatic carbocycles. The zero-order valence-electron chi connectivity index (χ0n) is 16.0. The standard InChI is InChI=1S/C21H27FN2O2/c1-5-6-7-12-24(13-17-8-10-18(22)11-9-17)21(26)20-14(2)19(16(4)25)15(3)23-20/h8-11,23H,5-7,12-13H2,1-4H3. The van der Waals surface area contributed by atoms with Crippen molar-refractivity contribution in [2.45, 2.75) is 53.5 Å². The molecule has 4 nitrogen and oxygen atoms in total. The van der Waals surface area contributed by atoms with Gasteiger partial charge in [0.1, 0.15) is 11.5 Å². The summed E-state index contributed by atoms with van der Waals surface area (Å²) in [5, 5.41) is 0. The van der Waals surface area contributed by atoms with Crippen LogP contribution >= 0.6 is 0 Å². The largest absolute Gasteiger partial charge is 0.354 e. The third kappa shape index (κ3) is 4.59. The lowest BCUT2D eigenvalue weighted by molar-refractivity contribution is 0.0734. The molecule has 2 rings (SSSR count). The summed E-state index contributed by atoms with van der Waals surface area (Å²) in [6.45, 7) is 8.27. The van der Waals surface area contributed by atoms with Crippen molar-refractivity contribution >= 4 is 11.7 Å². The Balaban J connectivity index is 2.29. The van der Waals surface area contributed by atoms with Crippen LogP contribution in [0.4, 0.5) is 4.39 Å². The van der Waals surface area contributed by atoms with Crippen molar-refractivity contribution < 1.29 is 14.0 Å². The van der Waals surface area contributed by atoms with Gasteiger partial charge in [-0.1, -0.05) is 31.9 Å². The molecule has 1 heterocycles. The van der Waals surface area contributed by atoms with E-state index in [1.807, 2.05) is 6.92 Å². The number of hydrogen-bond acceptors (Lipinski definition) is 2. The van der Waals surface area contributed by atoms with Gasteiger partial charge in [0.2, 0.25) is 0 Å². The van der Waals surface area contributed by atoms with E-state index in [2.05, 4.69) is 11.9 Å². The van der Waals surface area contributed by atoms with Crippen LogP contribution in [-0.2, 0) is 6.54 Å². The lowest BCUT2D eigenvalue weighted by Crippen LogP contribution is -2.32. The first kappa shape index (κ1) is 19.9. The molecule has 0 aliphatic rings. The summed E-state index contributed by atoms with van der Waals surface area (Å²) in [4.78, 5) is 29.8. The van der Waals surface area contributed by atoms with Gasteiger partial charge in [-0.3, -0.25) is 9.59 Å². The Bertz CT molecular complexity index is 778. The van der Waals surface area contributed by atoms with Gasteiger partial charge in [0.25, 0.3) is 5.91 Å². The molecule has 1 N–H and O–H groups in total. The average Bonchev–Trinajstić information content (AvgIpc) is 2.90. The highest BCUT2D eigenvalue weighted by Gasteiger charge is 2.24. The fourth-order valence-corrected chi connectivity index (χ4v) is 3.27. The minimum Gasteiger partial charge on any atom is -0.354 e. The fraction of sp³-hybridized carbons (Fsp3) is 0.429. The second-order valence-electron chi connectivity index (χ2n) is 6.74. The smallest absolute Gasteiger partial charge is 0.270 e. The van der Waals surface area contributed by atoms with Crippen LogP contribution in [0.2, 0.25) is 0 Å². The number of rotatable bonds is 8. The predicted octanol–water partition coefficient (Wildman–Crippen LogP) is 4.81. The minimum absolute atomic E-state index is 0.0497. The summed E-state index contributed by atoms with van der Waals surface area (Å²) in [6, 6.07) is 6.20. The number of H-pyrrole nitrogens is 1. The van der Waals surface area contributed by atoms with Crippen LogP contribution in [0.5, 0.6) is 0 Å². The highest BCUT2D eigenvalue weighted by Crippen LogP contribution is 2.21. The van der Waals surface area contributed by atoms with Gasteiger partial charge in [0.05, 0.1) is 0 Å². The number of benzene rings is 1. The normalized spacial score (nSPS) is 10.8. The number of Topliss-reactive ketones (excluding diaryl/α,β-unsaturated/α-hetero) is 1. The number of carbonyl (C=O) groups is 2. The fourth-order valence-electron chi connectivity index (χ4n) is 3.27. The Hall–Kier alpha value is -2.43. The van der Waals surface area contributed by atoms with Crippen molar-refractivity contribution in [1.82, 2.24) is 9.88 Å². The number of aryl methyl sites for hydroxylation is 1. The highest BCUT2D eigenvalue weighted by molar-refractivity contribution is 6.02. The molecular formula is C21H27FN2O2. The van der Waals surface area contributed by atoms with E-state index >= 15 is 0 Å². The zero-order chi connectivity index (χ0) is 19.3. The molecule has 0 bridgehead atoms. The molecule has 0 fully saturated rings. The molecule has 1 aromatic heterocycles. The van der Waals surface area contributed by atoms with Crippen molar-refractivity contribution in [3.8, 4) is 0 Å². The third-order valence-electron chi connectivity index (χ3n) is 4.61. The van der Waals surface area contributed by atoms with E-state index in [9.17, 15) is 14.0 Å². The first-order chi connectivity index (χ1) is 12.3. The van der Waals surface area contributed by atoms with Crippen molar-refractivity contribution in [1.29, 1.82) is 0 Å². The Labute approximate surface area is 154 Å². The van der Waals surface area contributed by atoms with Gasteiger partial charge in [-0.05, 0) is 50.5 Å². The van der Waals surface area contributed by atoms with Gasteiger partial charge in [0.15, 0.2) is 5.78 Å². The minimum atomic E-state index is -0.292. The third-order valence-corrected chi connectivity index (χ3v) is 4.61. The Kier molecular flexibility index (Phi) is 6.72. The maximum Gasteiger partial charge on any atom is 0.270 e. The number of hydrogen-bond donors (Lipinski definition) is 1. The van der Waals surface area contributed by atoms with Crippen molar-refractivity contribution in [3.63, 3.8) is 0 Å². The summed E-state index contributed by atoms with van der Waals surface area (Å²) in [6.07, 6.45) is 3.00. The summed E-state index contributed by atoms with van der Waals surface area (Å²) in [5.74, 6) is -0.468. The van der Waals surface area contributed by atoms with E-state index in [4.69, 9.17) is 0 Å². The number of aromatic nitrogens is 1. The molecule has 0 aliphatic carbocycles.